The molecule has 2 aromatic rings. The number of amides is 1. The molecular weight excluding hydrogens is 232 g/mol. The lowest BCUT2D eigenvalue weighted by Gasteiger charge is -2.03. The maximum atomic E-state index is 11.8. The van der Waals surface area contributed by atoms with E-state index < -0.39 is 0 Å². The van der Waals surface area contributed by atoms with E-state index in [4.69, 9.17) is 0 Å². The molecule has 2 aromatic heterocycles. The number of hydrogen-bond acceptors (Lipinski definition) is 5. The summed E-state index contributed by atoms with van der Waals surface area (Å²) in [5, 5.41) is 9.69. The number of rotatable bonds is 4. The first-order valence-electron chi connectivity index (χ1n) is 5.45. The average molecular weight is 246 g/mol. The summed E-state index contributed by atoms with van der Waals surface area (Å²) in [4.78, 5) is 19.9. The van der Waals surface area contributed by atoms with E-state index in [0.29, 0.717) is 17.9 Å². The van der Waals surface area contributed by atoms with Crippen LogP contribution in [0.25, 0.3) is 0 Å². The van der Waals surface area contributed by atoms with E-state index in [0.717, 1.165) is 5.82 Å². The predicted octanol–water partition coefficient (Wildman–Crippen LogP) is 0.182. The molecule has 0 aromatic carbocycles. The molecule has 0 spiro atoms. The second kappa shape index (κ2) is 5.26. The van der Waals surface area contributed by atoms with Gasteiger partial charge in [-0.05, 0) is 12.1 Å². The van der Waals surface area contributed by atoms with Crippen molar-refractivity contribution in [2.24, 2.45) is 7.05 Å². The molecule has 0 aliphatic carbocycles. The van der Waals surface area contributed by atoms with Crippen LogP contribution in [0.2, 0.25) is 0 Å². The van der Waals surface area contributed by atoms with Gasteiger partial charge in [-0.1, -0.05) is 0 Å². The van der Waals surface area contributed by atoms with Crippen molar-refractivity contribution >= 4 is 11.7 Å². The Morgan fingerprint density at radius 2 is 2.22 bits per heavy atom. The molecular formula is C11H14N6O. The van der Waals surface area contributed by atoms with E-state index >= 15 is 0 Å². The molecule has 7 heteroatoms. The van der Waals surface area contributed by atoms with E-state index in [1.807, 2.05) is 0 Å². The molecule has 2 rings (SSSR count). The van der Waals surface area contributed by atoms with E-state index in [1.54, 1.807) is 37.2 Å². The molecule has 2 heterocycles. The predicted molar refractivity (Wildman–Crippen MR) is 66.0 cm³/mol. The van der Waals surface area contributed by atoms with Crippen LogP contribution in [0.1, 0.15) is 16.2 Å². The number of aryl methyl sites for hydroxylation is 1. The quantitative estimate of drug-likeness (QED) is 0.804. The van der Waals surface area contributed by atoms with E-state index in [2.05, 4.69) is 25.7 Å². The fraction of sp³-hybridized carbons (Fsp3) is 0.273. The first-order chi connectivity index (χ1) is 8.69. The van der Waals surface area contributed by atoms with E-state index in [1.165, 1.54) is 6.20 Å². The van der Waals surface area contributed by atoms with Crippen molar-refractivity contribution < 1.29 is 4.79 Å². The van der Waals surface area contributed by atoms with Gasteiger partial charge in [-0.2, -0.15) is 5.10 Å². The van der Waals surface area contributed by atoms with Crippen LogP contribution in [-0.2, 0) is 13.6 Å². The van der Waals surface area contributed by atoms with Gasteiger partial charge < -0.3 is 10.6 Å². The number of carbonyl (C=O) groups is 1. The maximum Gasteiger partial charge on any atom is 0.253 e. The SMILES string of the molecule is CNc1ccc(C(=O)NCc2ncn(C)n2)cn1. The van der Waals surface area contributed by atoms with Gasteiger partial charge in [0.2, 0.25) is 0 Å². The van der Waals surface area contributed by atoms with Crippen LogP contribution in [0.15, 0.2) is 24.7 Å². The molecule has 0 saturated heterocycles. The Morgan fingerprint density at radius 3 is 2.78 bits per heavy atom. The Bertz CT molecular complexity index is 533. The van der Waals surface area contributed by atoms with Gasteiger partial charge in [0, 0.05) is 20.3 Å². The van der Waals surface area contributed by atoms with Crippen LogP contribution in [0, 0.1) is 0 Å². The molecule has 0 saturated carbocycles. The van der Waals surface area contributed by atoms with Crippen molar-refractivity contribution in [1.29, 1.82) is 0 Å². The zero-order valence-electron chi connectivity index (χ0n) is 10.2. The summed E-state index contributed by atoms with van der Waals surface area (Å²) in [6.45, 7) is 0.299. The number of pyridine rings is 1. The molecule has 0 aliphatic heterocycles. The first kappa shape index (κ1) is 12.0. The number of carbonyl (C=O) groups excluding carboxylic acids is 1. The summed E-state index contributed by atoms with van der Waals surface area (Å²) >= 11 is 0. The third-order valence-corrected chi connectivity index (χ3v) is 2.34. The fourth-order valence-electron chi connectivity index (χ4n) is 1.40. The van der Waals surface area contributed by atoms with Crippen LogP contribution in [0.5, 0.6) is 0 Å². The smallest absolute Gasteiger partial charge is 0.253 e. The Balaban J connectivity index is 1.94. The number of nitrogens with zero attached hydrogens (tertiary/aromatic N) is 4. The fourth-order valence-corrected chi connectivity index (χ4v) is 1.40. The van der Waals surface area contributed by atoms with E-state index in [9.17, 15) is 4.79 Å². The highest BCUT2D eigenvalue weighted by atomic mass is 16.1. The number of hydrogen-bond donors (Lipinski definition) is 2. The van der Waals surface area contributed by atoms with Crippen molar-refractivity contribution in [2.75, 3.05) is 12.4 Å². The molecule has 18 heavy (non-hydrogen) atoms. The summed E-state index contributed by atoms with van der Waals surface area (Å²) < 4.78 is 1.59. The lowest BCUT2D eigenvalue weighted by atomic mass is 10.2. The summed E-state index contributed by atoms with van der Waals surface area (Å²) in [6, 6.07) is 3.45. The van der Waals surface area contributed by atoms with Crippen molar-refractivity contribution in [3.63, 3.8) is 0 Å². The van der Waals surface area contributed by atoms with Gasteiger partial charge in [-0.15, -0.1) is 0 Å². The standard InChI is InChI=1S/C11H14N6O/c1-12-9-4-3-8(5-13-9)11(18)14-6-10-15-7-17(2)16-10/h3-5,7H,6H2,1-2H3,(H,12,13)(H,14,18). The molecule has 7 nitrogen and oxygen atoms in total. The number of nitrogens with one attached hydrogen (secondary N) is 2. The molecule has 0 aliphatic rings. The van der Waals surface area contributed by atoms with Crippen LogP contribution in [0.3, 0.4) is 0 Å². The minimum atomic E-state index is -0.197. The maximum absolute atomic E-state index is 11.8. The van der Waals surface area contributed by atoms with Gasteiger partial charge in [-0.25, -0.2) is 9.97 Å². The van der Waals surface area contributed by atoms with Gasteiger partial charge >= 0.3 is 0 Å². The molecule has 0 bridgehead atoms. The minimum absolute atomic E-state index is 0.197. The first-order valence-corrected chi connectivity index (χ1v) is 5.45. The highest BCUT2D eigenvalue weighted by molar-refractivity contribution is 5.93. The minimum Gasteiger partial charge on any atom is -0.373 e. The second-order valence-corrected chi connectivity index (χ2v) is 3.70. The topological polar surface area (TPSA) is 84.7 Å². The second-order valence-electron chi connectivity index (χ2n) is 3.70. The molecule has 2 N–H and O–H groups in total. The summed E-state index contributed by atoms with van der Waals surface area (Å²) in [5.41, 5.74) is 0.505. The van der Waals surface area contributed by atoms with Gasteiger partial charge in [0.1, 0.15) is 12.1 Å². The van der Waals surface area contributed by atoms with E-state index in [-0.39, 0.29) is 5.91 Å². The lowest BCUT2D eigenvalue weighted by Crippen LogP contribution is -2.23. The molecule has 0 unspecified atom stereocenters. The number of anilines is 1. The average Bonchev–Trinajstić information content (AvgIpc) is 2.82. The Labute approximate surface area is 104 Å². The van der Waals surface area contributed by atoms with Crippen LogP contribution >= 0.6 is 0 Å². The van der Waals surface area contributed by atoms with Crippen LogP contribution in [0.4, 0.5) is 5.82 Å². The monoisotopic (exact) mass is 246 g/mol. The Morgan fingerprint density at radius 1 is 1.39 bits per heavy atom. The molecule has 0 atom stereocenters. The molecule has 94 valence electrons. The van der Waals surface area contributed by atoms with Crippen LogP contribution in [-0.4, -0.2) is 32.7 Å². The summed E-state index contributed by atoms with van der Waals surface area (Å²) in [7, 11) is 3.55. The zero-order valence-corrected chi connectivity index (χ0v) is 10.2. The van der Waals surface area contributed by atoms with Gasteiger partial charge in [0.25, 0.3) is 5.91 Å². The van der Waals surface area contributed by atoms with Crippen molar-refractivity contribution in [3.8, 4) is 0 Å². The molecule has 0 radical (unpaired) electrons. The number of aromatic nitrogens is 4. The third-order valence-electron chi connectivity index (χ3n) is 2.34. The Hall–Kier alpha value is -2.44. The normalized spacial score (nSPS) is 10.1. The van der Waals surface area contributed by atoms with Crippen LogP contribution < -0.4 is 10.6 Å². The summed E-state index contributed by atoms with van der Waals surface area (Å²) in [5.74, 6) is 1.10. The molecule has 0 fully saturated rings. The van der Waals surface area contributed by atoms with Gasteiger partial charge in [0.05, 0.1) is 12.1 Å². The Kier molecular flexibility index (Phi) is 3.52. The van der Waals surface area contributed by atoms with Crippen molar-refractivity contribution in [2.45, 2.75) is 6.54 Å². The summed E-state index contributed by atoms with van der Waals surface area (Å²) in [6.07, 6.45) is 3.11. The highest BCUT2D eigenvalue weighted by Gasteiger charge is 2.07. The third kappa shape index (κ3) is 2.82. The van der Waals surface area contributed by atoms with Crippen molar-refractivity contribution in [1.82, 2.24) is 25.1 Å². The largest absolute Gasteiger partial charge is 0.373 e. The highest BCUT2D eigenvalue weighted by Crippen LogP contribution is 2.04. The lowest BCUT2D eigenvalue weighted by molar-refractivity contribution is 0.0949. The van der Waals surface area contributed by atoms with Gasteiger partial charge in [0.15, 0.2) is 5.82 Å². The van der Waals surface area contributed by atoms with Crippen molar-refractivity contribution in [3.05, 3.63) is 36.0 Å². The zero-order chi connectivity index (χ0) is 13.0. The molecule has 1 amide bonds. The van der Waals surface area contributed by atoms with Gasteiger partial charge in [-0.3, -0.25) is 9.48 Å².